The maximum absolute atomic E-state index is 13.6. The zero-order chi connectivity index (χ0) is 17.6. The third kappa shape index (κ3) is 4.73. The predicted molar refractivity (Wildman–Crippen MR) is 93.6 cm³/mol. The van der Waals surface area contributed by atoms with E-state index in [-0.39, 0.29) is 24.2 Å². The molecule has 7 heteroatoms. The Hall–Kier alpha value is -2.54. The van der Waals surface area contributed by atoms with Gasteiger partial charge in [-0.3, -0.25) is 4.79 Å². The van der Waals surface area contributed by atoms with Crippen LogP contribution in [0.3, 0.4) is 0 Å². The van der Waals surface area contributed by atoms with E-state index in [1.165, 1.54) is 6.07 Å². The molecule has 1 aromatic carbocycles. The summed E-state index contributed by atoms with van der Waals surface area (Å²) >= 11 is 1.56. The van der Waals surface area contributed by atoms with Crippen LogP contribution >= 0.6 is 11.3 Å². The van der Waals surface area contributed by atoms with Crippen LogP contribution in [0.5, 0.6) is 0 Å². The van der Waals surface area contributed by atoms with Gasteiger partial charge in [-0.1, -0.05) is 23.4 Å². The van der Waals surface area contributed by atoms with Gasteiger partial charge < -0.3 is 9.84 Å². The minimum atomic E-state index is -0.254. The average Bonchev–Trinajstić information content (AvgIpc) is 3.26. The van der Waals surface area contributed by atoms with E-state index in [4.69, 9.17) is 4.52 Å². The molecule has 1 N–H and O–H groups in total. The largest absolute Gasteiger partial charge is 0.353 e. The van der Waals surface area contributed by atoms with Gasteiger partial charge >= 0.3 is 0 Å². The summed E-state index contributed by atoms with van der Waals surface area (Å²) < 4.78 is 18.8. The topological polar surface area (TPSA) is 68.0 Å². The summed E-state index contributed by atoms with van der Waals surface area (Å²) in [6.45, 7) is 1.85. The molecule has 0 saturated heterocycles. The van der Waals surface area contributed by atoms with Crippen LogP contribution in [0, 0.1) is 5.82 Å². The molecular weight excluding hydrogens is 341 g/mol. The highest BCUT2D eigenvalue weighted by Crippen LogP contribution is 2.19. The van der Waals surface area contributed by atoms with Crippen molar-refractivity contribution < 1.29 is 13.7 Å². The molecule has 0 radical (unpaired) electrons. The van der Waals surface area contributed by atoms with Crippen molar-refractivity contribution in [3.05, 3.63) is 58.4 Å². The molecule has 2 aromatic heterocycles. The second-order valence-electron chi connectivity index (χ2n) is 5.79. The first-order chi connectivity index (χ1) is 12.1. The Bertz CT molecular complexity index is 832. The molecule has 3 aromatic rings. The van der Waals surface area contributed by atoms with Crippen molar-refractivity contribution in [1.29, 1.82) is 0 Å². The number of carbonyl (C=O) groups is 1. The minimum Gasteiger partial charge on any atom is -0.353 e. The van der Waals surface area contributed by atoms with Gasteiger partial charge in [0, 0.05) is 29.8 Å². The van der Waals surface area contributed by atoms with Gasteiger partial charge in [0.05, 0.1) is 0 Å². The first kappa shape index (κ1) is 17.3. The molecular formula is C18H18FN3O2S. The molecule has 1 unspecified atom stereocenters. The highest BCUT2D eigenvalue weighted by atomic mass is 32.1. The fourth-order valence-electron chi connectivity index (χ4n) is 2.48. The first-order valence-corrected chi connectivity index (χ1v) is 8.94. The molecule has 0 aliphatic heterocycles. The lowest BCUT2D eigenvalue weighted by atomic mass is 10.1. The van der Waals surface area contributed by atoms with Gasteiger partial charge in [0.15, 0.2) is 0 Å². The third-order valence-electron chi connectivity index (χ3n) is 3.70. The monoisotopic (exact) mass is 359 g/mol. The number of benzene rings is 1. The van der Waals surface area contributed by atoms with Crippen LogP contribution in [0.15, 0.2) is 45.6 Å². The summed E-state index contributed by atoms with van der Waals surface area (Å²) in [5.74, 6) is 0.581. The Morgan fingerprint density at radius 3 is 2.96 bits per heavy atom. The molecule has 0 aliphatic carbocycles. The Morgan fingerprint density at radius 1 is 1.36 bits per heavy atom. The van der Waals surface area contributed by atoms with E-state index in [1.807, 2.05) is 23.8 Å². The molecule has 0 spiro atoms. The highest BCUT2D eigenvalue weighted by molar-refractivity contribution is 7.08. The predicted octanol–water partition coefficient (Wildman–Crippen LogP) is 3.62. The molecule has 25 heavy (non-hydrogen) atoms. The SMILES string of the molecule is CC(Cc1ccccc1F)NC(=O)CCc1nc(-c2ccsc2)no1. The molecule has 0 aliphatic rings. The molecule has 130 valence electrons. The van der Waals surface area contributed by atoms with Crippen LogP contribution in [0.1, 0.15) is 24.8 Å². The van der Waals surface area contributed by atoms with E-state index < -0.39 is 0 Å². The van der Waals surface area contributed by atoms with Gasteiger partial charge in [0.2, 0.25) is 17.6 Å². The van der Waals surface area contributed by atoms with E-state index in [2.05, 4.69) is 15.5 Å². The highest BCUT2D eigenvalue weighted by Gasteiger charge is 2.13. The van der Waals surface area contributed by atoms with E-state index in [1.54, 1.807) is 29.5 Å². The van der Waals surface area contributed by atoms with Crippen molar-refractivity contribution in [3.63, 3.8) is 0 Å². The Morgan fingerprint density at radius 2 is 2.20 bits per heavy atom. The smallest absolute Gasteiger partial charge is 0.227 e. The standard InChI is InChI=1S/C18H18FN3O2S/c1-12(10-13-4-2-3-5-15(13)19)20-16(23)6-7-17-21-18(22-24-17)14-8-9-25-11-14/h2-5,8-9,11-12H,6-7,10H2,1H3,(H,20,23). The van der Waals surface area contributed by atoms with Crippen LogP contribution in [-0.2, 0) is 17.6 Å². The number of aromatic nitrogens is 2. The fraction of sp³-hybridized carbons (Fsp3) is 0.278. The number of hydrogen-bond donors (Lipinski definition) is 1. The van der Waals surface area contributed by atoms with Gasteiger partial charge in [0.1, 0.15) is 5.82 Å². The summed E-state index contributed by atoms with van der Waals surface area (Å²) in [6, 6.07) is 8.33. The third-order valence-corrected chi connectivity index (χ3v) is 4.39. The Balaban J connectivity index is 1.47. The average molecular weight is 359 g/mol. The van der Waals surface area contributed by atoms with E-state index in [0.717, 1.165) is 5.56 Å². The maximum Gasteiger partial charge on any atom is 0.227 e. The Labute approximate surface area is 148 Å². The quantitative estimate of drug-likeness (QED) is 0.700. The second kappa shape index (κ2) is 8.02. The molecule has 1 atom stereocenters. The van der Waals surface area contributed by atoms with Crippen molar-refractivity contribution in [2.75, 3.05) is 0 Å². The van der Waals surface area contributed by atoms with Gasteiger partial charge in [-0.05, 0) is 36.4 Å². The summed E-state index contributed by atoms with van der Waals surface area (Å²) in [6.07, 6.45) is 1.06. The summed E-state index contributed by atoms with van der Waals surface area (Å²) in [5, 5.41) is 10.7. The zero-order valence-corrected chi connectivity index (χ0v) is 14.6. The number of nitrogens with zero attached hydrogens (tertiary/aromatic N) is 2. The molecule has 0 saturated carbocycles. The van der Waals surface area contributed by atoms with Crippen LogP contribution in [0.4, 0.5) is 4.39 Å². The Kier molecular flexibility index (Phi) is 5.55. The number of thiophene rings is 1. The number of nitrogens with one attached hydrogen (secondary N) is 1. The number of amides is 1. The minimum absolute atomic E-state index is 0.126. The molecule has 2 heterocycles. The first-order valence-electron chi connectivity index (χ1n) is 7.99. The normalized spacial score (nSPS) is 12.1. The van der Waals surface area contributed by atoms with Crippen molar-refractivity contribution >= 4 is 17.2 Å². The van der Waals surface area contributed by atoms with Crippen molar-refractivity contribution in [1.82, 2.24) is 15.5 Å². The van der Waals surface area contributed by atoms with E-state index in [9.17, 15) is 9.18 Å². The fourth-order valence-corrected chi connectivity index (χ4v) is 3.11. The van der Waals surface area contributed by atoms with E-state index >= 15 is 0 Å². The second-order valence-corrected chi connectivity index (χ2v) is 6.57. The van der Waals surface area contributed by atoms with Crippen molar-refractivity contribution in [2.24, 2.45) is 0 Å². The van der Waals surface area contributed by atoms with Gasteiger partial charge in [-0.15, -0.1) is 0 Å². The number of aryl methyl sites for hydroxylation is 1. The summed E-state index contributed by atoms with van der Waals surface area (Å²) in [7, 11) is 0. The van der Waals surface area contributed by atoms with Crippen molar-refractivity contribution in [3.8, 4) is 11.4 Å². The van der Waals surface area contributed by atoms with Crippen molar-refractivity contribution in [2.45, 2.75) is 32.2 Å². The van der Waals surface area contributed by atoms with Gasteiger partial charge in [-0.25, -0.2) is 4.39 Å². The zero-order valence-electron chi connectivity index (χ0n) is 13.7. The number of carbonyl (C=O) groups excluding carboxylic acids is 1. The summed E-state index contributed by atoms with van der Waals surface area (Å²) in [4.78, 5) is 16.3. The number of halogens is 1. The van der Waals surface area contributed by atoms with Gasteiger partial charge in [0.25, 0.3) is 0 Å². The molecule has 0 bridgehead atoms. The lowest BCUT2D eigenvalue weighted by molar-refractivity contribution is -0.121. The van der Waals surface area contributed by atoms with Gasteiger partial charge in [-0.2, -0.15) is 16.3 Å². The maximum atomic E-state index is 13.6. The summed E-state index contributed by atoms with van der Waals surface area (Å²) in [5.41, 5.74) is 1.50. The van der Waals surface area contributed by atoms with Crippen LogP contribution < -0.4 is 5.32 Å². The lowest BCUT2D eigenvalue weighted by Gasteiger charge is -2.14. The van der Waals surface area contributed by atoms with Crippen LogP contribution in [-0.4, -0.2) is 22.1 Å². The molecule has 3 rings (SSSR count). The molecule has 1 amide bonds. The lowest BCUT2D eigenvalue weighted by Crippen LogP contribution is -2.34. The number of rotatable bonds is 7. The molecule has 0 fully saturated rings. The van der Waals surface area contributed by atoms with Crippen LogP contribution in [0.25, 0.3) is 11.4 Å². The molecule has 5 nitrogen and oxygen atoms in total. The van der Waals surface area contributed by atoms with E-state index in [0.29, 0.717) is 30.1 Å². The number of hydrogen-bond acceptors (Lipinski definition) is 5. The van der Waals surface area contributed by atoms with Crippen LogP contribution in [0.2, 0.25) is 0 Å².